The third-order valence-corrected chi connectivity index (χ3v) is 3.97. The summed E-state index contributed by atoms with van der Waals surface area (Å²) < 4.78 is 13.0. The molecule has 1 aliphatic rings. The first-order valence-corrected chi connectivity index (χ1v) is 7.29. The summed E-state index contributed by atoms with van der Waals surface area (Å²) in [4.78, 5) is 25.7. The number of amides is 2. The Labute approximate surface area is 132 Å². The summed E-state index contributed by atoms with van der Waals surface area (Å²) in [6.07, 6.45) is 0.651. The van der Waals surface area contributed by atoms with Gasteiger partial charge < -0.3 is 0 Å². The lowest BCUT2D eigenvalue weighted by Crippen LogP contribution is -2.30. The third-order valence-electron chi connectivity index (χ3n) is 3.72. The Morgan fingerprint density at radius 2 is 1.68 bits per heavy atom. The van der Waals surface area contributed by atoms with Crippen LogP contribution in [-0.4, -0.2) is 11.8 Å². The Bertz CT molecular complexity index is 712. The van der Waals surface area contributed by atoms with Gasteiger partial charge in [-0.1, -0.05) is 23.7 Å². The molecule has 0 spiro atoms. The fourth-order valence-corrected chi connectivity index (χ4v) is 2.75. The molecule has 5 heteroatoms. The van der Waals surface area contributed by atoms with Crippen LogP contribution in [0.5, 0.6) is 0 Å². The fourth-order valence-electron chi connectivity index (χ4n) is 2.62. The van der Waals surface area contributed by atoms with Gasteiger partial charge in [-0.05, 0) is 48.4 Å². The van der Waals surface area contributed by atoms with E-state index >= 15 is 0 Å². The fraction of sp³-hybridized carbons (Fsp3) is 0.176. The summed E-state index contributed by atoms with van der Waals surface area (Å²) in [6, 6.07) is 12.6. The van der Waals surface area contributed by atoms with Gasteiger partial charge in [-0.2, -0.15) is 0 Å². The molecule has 3 rings (SSSR count). The van der Waals surface area contributed by atoms with E-state index in [1.54, 1.807) is 12.1 Å². The summed E-state index contributed by atoms with van der Waals surface area (Å²) in [5.74, 6) is -1.29. The number of halogens is 2. The van der Waals surface area contributed by atoms with Gasteiger partial charge in [0.2, 0.25) is 11.8 Å². The van der Waals surface area contributed by atoms with Crippen molar-refractivity contribution < 1.29 is 14.0 Å². The highest BCUT2D eigenvalue weighted by atomic mass is 35.5. The molecule has 0 unspecified atom stereocenters. The molecule has 1 fully saturated rings. The molecule has 1 aliphatic heterocycles. The zero-order valence-corrected chi connectivity index (χ0v) is 12.4. The number of hydrogen-bond donors (Lipinski definition) is 0. The minimum atomic E-state index is -0.402. The van der Waals surface area contributed by atoms with Crippen LogP contribution in [-0.2, 0) is 16.0 Å². The van der Waals surface area contributed by atoms with E-state index in [4.69, 9.17) is 11.6 Å². The number of anilines is 1. The maximum atomic E-state index is 13.0. The highest BCUT2D eigenvalue weighted by molar-refractivity contribution is 6.30. The average molecular weight is 318 g/mol. The van der Waals surface area contributed by atoms with Crippen molar-refractivity contribution in [2.75, 3.05) is 4.90 Å². The molecule has 1 saturated heterocycles. The standard InChI is InChI=1S/C17H13ClFNO2/c18-13-3-1-11(2-4-13)9-12-10-16(21)20(17(12)22)15-7-5-14(19)6-8-15/h1-8,12H,9-10H2/t12-/m1/s1. The van der Waals surface area contributed by atoms with Crippen LogP contribution >= 0.6 is 11.6 Å². The molecule has 0 N–H and O–H groups in total. The summed E-state index contributed by atoms with van der Waals surface area (Å²) in [5.41, 5.74) is 1.37. The van der Waals surface area contributed by atoms with Gasteiger partial charge in [-0.3, -0.25) is 14.5 Å². The van der Waals surface area contributed by atoms with Crippen LogP contribution in [0.4, 0.5) is 10.1 Å². The van der Waals surface area contributed by atoms with Crippen molar-refractivity contribution in [1.29, 1.82) is 0 Å². The number of carbonyl (C=O) groups excluding carboxylic acids is 2. The first-order valence-electron chi connectivity index (χ1n) is 6.91. The van der Waals surface area contributed by atoms with Crippen molar-refractivity contribution >= 4 is 29.1 Å². The molecule has 112 valence electrons. The van der Waals surface area contributed by atoms with E-state index in [2.05, 4.69) is 0 Å². The number of rotatable bonds is 3. The van der Waals surface area contributed by atoms with Gasteiger partial charge in [-0.25, -0.2) is 4.39 Å². The van der Waals surface area contributed by atoms with Gasteiger partial charge in [0.05, 0.1) is 11.6 Å². The topological polar surface area (TPSA) is 37.4 Å². The second-order valence-electron chi connectivity index (χ2n) is 5.28. The van der Waals surface area contributed by atoms with Gasteiger partial charge >= 0.3 is 0 Å². The number of nitrogens with zero attached hydrogens (tertiary/aromatic N) is 1. The van der Waals surface area contributed by atoms with E-state index in [0.717, 1.165) is 10.5 Å². The van der Waals surface area contributed by atoms with Crippen LogP contribution < -0.4 is 4.90 Å². The molecule has 0 saturated carbocycles. The molecule has 2 amide bonds. The van der Waals surface area contributed by atoms with Gasteiger partial charge in [0.15, 0.2) is 0 Å². The van der Waals surface area contributed by atoms with Crippen LogP contribution in [0.2, 0.25) is 5.02 Å². The van der Waals surface area contributed by atoms with Crippen molar-refractivity contribution in [2.24, 2.45) is 5.92 Å². The lowest BCUT2D eigenvalue weighted by atomic mass is 9.98. The molecule has 0 radical (unpaired) electrons. The second-order valence-corrected chi connectivity index (χ2v) is 5.71. The molecule has 0 aliphatic carbocycles. The maximum absolute atomic E-state index is 13.0. The van der Waals surface area contributed by atoms with Crippen LogP contribution in [0.15, 0.2) is 48.5 Å². The lowest BCUT2D eigenvalue weighted by Gasteiger charge is -2.15. The first-order chi connectivity index (χ1) is 10.5. The van der Waals surface area contributed by atoms with Crippen molar-refractivity contribution in [3.05, 3.63) is 64.9 Å². The minimum Gasteiger partial charge on any atom is -0.274 e. The van der Waals surface area contributed by atoms with E-state index in [1.807, 2.05) is 12.1 Å². The summed E-state index contributed by atoms with van der Waals surface area (Å²) >= 11 is 5.84. The van der Waals surface area contributed by atoms with Crippen molar-refractivity contribution in [2.45, 2.75) is 12.8 Å². The van der Waals surface area contributed by atoms with E-state index in [0.29, 0.717) is 17.1 Å². The van der Waals surface area contributed by atoms with Gasteiger partial charge in [0.25, 0.3) is 0 Å². The SMILES string of the molecule is O=C1C[C@@H](Cc2ccc(Cl)cc2)C(=O)N1c1ccc(F)cc1. The molecular weight excluding hydrogens is 305 g/mol. The number of benzene rings is 2. The monoisotopic (exact) mass is 317 g/mol. The third kappa shape index (κ3) is 2.88. The van der Waals surface area contributed by atoms with E-state index in [1.165, 1.54) is 24.3 Å². The van der Waals surface area contributed by atoms with Crippen LogP contribution in [0.1, 0.15) is 12.0 Å². The predicted molar refractivity (Wildman–Crippen MR) is 82.2 cm³/mol. The van der Waals surface area contributed by atoms with Crippen molar-refractivity contribution in [1.82, 2.24) is 0 Å². The predicted octanol–water partition coefficient (Wildman–Crippen LogP) is 3.60. The summed E-state index contributed by atoms with van der Waals surface area (Å²) in [6.45, 7) is 0. The van der Waals surface area contributed by atoms with Gasteiger partial charge in [0, 0.05) is 11.4 Å². The molecule has 2 aromatic rings. The Morgan fingerprint density at radius 1 is 1.05 bits per heavy atom. The number of carbonyl (C=O) groups is 2. The zero-order chi connectivity index (χ0) is 15.7. The van der Waals surface area contributed by atoms with Crippen LogP contribution in [0, 0.1) is 11.7 Å². The van der Waals surface area contributed by atoms with Crippen molar-refractivity contribution in [3.8, 4) is 0 Å². The Morgan fingerprint density at radius 3 is 2.32 bits per heavy atom. The Kier molecular flexibility index (Phi) is 3.94. The van der Waals surface area contributed by atoms with E-state index in [9.17, 15) is 14.0 Å². The molecule has 0 aromatic heterocycles. The summed E-state index contributed by atoms with van der Waals surface area (Å²) in [5, 5.41) is 0.630. The summed E-state index contributed by atoms with van der Waals surface area (Å²) in [7, 11) is 0. The quantitative estimate of drug-likeness (QED) is 0.811. The molecule has 2 aromatic carbocycles. The lowest BCUT2D eigenvalue weighted by molar-refractivity contribution is -0.122. The van der Waals surface area contributed by atoms with E-state index in [-0.39, 0.29) is 18.2 Å². The smallest absolute Gasteiger partial charge is 0.237 e. The van der Waals surface area contributed by atoms with Crippen LogP contribution in [0.25, 0.3) is 0 Å². The second kappa shape index (κ2) is 5.89. The molecule has 22 heavy (non-hydrogen) atoms. The highest BCUT2D eigenvalue weighted by Crippen LogP contribution is 2.29. The normalized spacial score (nSPS) is 18.1. The molecule has 3 nitrogen and oxygen atoms in total. The average Bonchev–Trinajstić information content (AvgIpc) is 2.77. The zero-order valence-electron chi connectivity index (χ0n) is 11.6. The molecule has 1 atom stereocenters. The number of hydrogen-bond acceptors (Lipinski definition) is 2. The largest absolute Gasteiger partial charge is 0.274 e. The van der Waals surface area contributed by atoms with Crippen molar-refractivity contribution in [3.63, 3.8) is 0 Å². The molecular formula is C17H13ClFNO2. The van der Waals surface area contributed by atoms with Gasteiger partial charge in [-0.15, -0.1) is 0 Å². The Balaban J connectivity index is 1.79. The first kappa shape index (κ1) is 14.7. The van der Waals surface area contributed by atoms with Gasteiger partial charge in [0.1, 0.15) is 5.82 Å². The van der Waals surface area contributed by atoms with Crippen LogP contribution in [0.3, 0.4) is 0 Å². The number of imide groups is 1. The Hall–Kier alpha value is -2.20. The highest BCUT2D eigenvalue weighted by Gasteiger charge is 2.39. The molecule has 0 bridgehead atoms. The van der Waals surface area contributed by atoms with E-state index < -0.39 is 11.7 Å². The maximum Gasteiger partial charge on any atom is 0.237 e. The molecule has 1 heterocycles. The minimum absolute atomic E-state index is 0.166.